The van der Waals surface area contributed by atoms with Crippen molar-refractivity contribution >= 4 is 0 Å². The van der Waals surface area contributed by atoms with Gasteiger partial charge in [0.05, 0.1) is 6.10 Å². The zero-order valence-electron chi connectivity index (χ0n) is 12.4. The van der Waals surface area contributed by atoms with Gasteiger partial charge in [0.15, 0.2) is 0 Å². The van der Waals surface area contributed by atoms with Crippen LogP contribution in [0.15, 0.2) is 24.3 Å². The molecule has 108 valence electrons. The predicted molar refractivity (Wildman–Crippen MR) is 77.7 cm³/mol. The molecule has 0 fully saturated rings. The summed E-state index contributed by atoms with van der Waals surface area (Å²) in [6.07, 6.45) is 1.03. The molecule has 1 atom stereocenters. The molecule has 1 unspecified atom stereocenters. The topological polar surface area (TPSA) is 21.3 Å². The molecular weight excluding hydrogens is 241 g/mol. The van der Waals surface area contributed by atoms with Gasteiger partial charge in [-0.1, -0.05) is 39.8 Å². The van der Waals surface area contributed by atoms with Gasteiger partial charge in [0.1, 0.15) is 5.82 Å². The summed E-state index contributed by atoms with van der Waals surface area (Å²) in [5.41, 5.74) is 1.03. The second kappa shape index (κ2) is 8.28. The maximum Gasteiger partial charge on any atom is 0.123 e. The van der Waals surface area contributed by atoms with Gasteiger partial charge in [-0.15, -0.1) is 0 Å². The maximum absolute atomic E-state index is 13.0. The lowest BCUT2D eigenvalue weighted by Gasteiger charge is -2.21. The Hall–Kier alpha value is -0.930. The van der Waals surface area contributed by atoms with Crippen LogP contribution in [0.4, 0.5) is 4.39 Å². The molecule has 0 saturated heterocycles. The van der Waals surface area contributed by atoms with Crippen molar-refractivity contribution in [2.24, 2.45) is 5.92 Å². The van der Waals surface area contributed by atoms with Gasteiger partial charge >= 0.3 is 0 Å². The van der Waals surface area contributed by atoms with E-state index >= 15 is 0 Å². The van der Waals surface area contributed by atoms with Crippen molar-refractivity contribution in [3.05, 3.63) is 35.6 Å². The first-order valence-corrected chi connectivity index (χ1v) is 7.09. The van der Waals surface area contributed by atoms with Crippen LogP contribution in [0.25, 0.3) is 0 Å². The maximum atomic E-state index is 13.0. The van der Waals surface area contributed by atoms with E-state index in [0.29, 0.717) is 12.0 Å². The highest BCUT2D eigenvalue weighted by atomic mass is 19.1. The Morgan fingerprint density at radius 3 is 2.26 bits per heavy atom. The summed E-state index contributed by atoms with van der Waals surface area (Å²) in [6, 6.07) is 7.00. The van der Waals surface area contributed by atoms with E-state index in [1.165, 1.54) is 12.1 Å². The standard InChI is InChI=1S/C16H26FNO/c1-12(2)9-10-19-16(11-18-13(3)4)14-5-7-15(17)8-6-14/h5-8,12-13,16,18H,9-11H2,1-4H3. The highest BCUT2D eigenvalue weighted by molar-refractivity contribution is 5.19. The quantitative estimate of drug-likeness (QED) is 0.770. The van der Waals surface area contributed by atoms with Crippen molar-refractivity contribution in [1.29, 1.82) is 0 Å². The molecule has 0 aliphatic carbocycles. The zero-order chi connectivity index (χ0) is 14.3. The van der Waals surface area contributed by atoms with Gasteiger partial charge in [0, 0.05) is 19.2 Å². The van der Waals surface area contributed by atoms with Crippen LogP contribution in [0, 0.1) is 11.7 Å². The molecule has 0 heterocycles. The van der Waals surface area contributed by atoms with Crippen LogP contribution < -0.4 is 5.32 Å². The zero-order valence-corrected chi connectivity index (χ0v) is 12.4. The molecule has 2 nitrogen and oxygen atoms in total. The highest BCUT2D eigenvalue weighted by Gasteiger charge is 2.13. The fourth-order valence-corrected chi connectivity index (χ4v) is 1.74. The van der Waals surface area contributed by atoms with Gasteiger partial charge in [0.2, 0.25) is 0 Å². The van der Waals surface area contributed by atoms with Crippen LogP contribution >= 0.6 is 0 Å². The SMILES string of the molecule is CC(C)CCOC(CNC(C)C)c1ccc(F)cc1. The molecule has 1 aromatic rings. The molecule has 1 rings (SSSR count). The van der Waals surface area contributed by atoms with Crippen LogP contribution in [0.3, 0.4) is 0 Å². The van der Waals surface area contributed by atoms with E-state index < -0.39 is 0 Å². The van der Waals surface area contributed by atoms with Gasteiger partial charge in [-0.2, -0.15) is 0 Å². The van der Waals surface area contributed by atoms with Crippen LogP contribution in [0.1, 0.15) is 45.8 Å². The van der Waals surface area contributed by atoms with Crippen molar-refractivity contribution in [2.75, 3.05) is 13.2 Å². The van der Waals surface area contributed by atoms with E-state index in [0.717, 1.165) is 25.1 Å². The number of benzene rings is 1. The average Bonchev–Trinajstić information content (AvgIpc) is 2.34. The number of hydrogen-bond acceptors (Lipinski definition) is 2. The Kier molecular flexibility index (Phi) is 7.03. The summed E-state index contributed by atoms with van der Waals surface area (Å²) < 4.78 is 18.9. The van der Waals surface area contributed by atoms with E-state index in [1.54, 1.807) is 12.1 Å². The van der Waals surface area contributed by atoms with Gasteiger partial charge in [0.25, 0.3) is 0 Å². The van der Waals surface area contributed by atoms with Gasteiger partial charge in [-0.25, -0.2) is 4.39 Å². The first kappa shape index (κ1) is 16.1. The molecule has 0 aliphatic rings. The number of nitrogens with one attached hydrogen (secondary N) is 1. The molecule has 0 radical (unpaired) electrons. The minimum atomic E-state index is -0.207. The summed E-state index contributed by atoms with van der Waals surface area (Å²) >= 11 is 0. The van der Waals surface area contributed by atoms with Crippen molar-refractivity contribution < 1.29 is 9.13 Å². The van der Waals surface area contributed by atoms with Crippen molar-refractivity contribution in [3.63, 3.8) is 0 Å². The van der Waals surface area contributed by atoms with E-state index in [9.17, 15) is 4.39 Å². The number of halogens is 1. The summed E-state index contributed by atoms with van der Waals surface area (Å²) in [6.45, 7) is 10.1. The molecule has 3 heteroatoms. The summed E-state index contributed by atoms with van der Waals surface area (Å²) in [5, 5.41) is 3.38. The van der Waals surface area contributed by atoms with E-state index in [1.807, 2.05) is 0 Å². The molecule has 0 bridgehead atoms. The molecule has 1 aromatic carbocycles. The molecule has 0 amide bonds. The van der Waals surface area contributed by atoms with E-state index in [-0.39, 0.29) is 11.9 Å². The van der Waals surface area contributed by atoms with Gasteiger partial charge < -0.3 is 10.1 Å². The third-order valence-corrected chi connectivity index (χ3v) is 2.97. The summed E-state index contributed by atoms with van der Waals surface area (Å²) in [5.74, 6) is 0.424. The van der Waals surface area contributed by atoms with E-state index in [2.05, 4.69) is 33.0 Å². The van der Waals surface area contributed by atoms with Crippen molar-refractivity contribution in [3.8, 4) is 0 Å². The molecular formula is C16H26FNO. The highest BCUT2D eigenvalue weighted by Crippen LogP contribution is 2.18. The third-order valence-electron chi connectivity index (χ3n) is 2.97. The Morgan fingerprint density at radius 1 is 1.11 bits per heavy atom. The van der Waals surface area contributed by atoms with E-state index in [4.69, 9.17) is 4.74 Å². The predicted octanol–water partition coefficient (Wildman–Crippen LogP) is 3.93. The normalized spacial score (nSPS) is 13.2. The monoisotopic (exact) mass is 267 g/mol. The Bertz CT molecular complexity index is 348. The largest absolute Gasteiger partial charge is 0.372 e. The lowest BCUT2D eigenvalue weighted by molar-refractivity contribution is 0.0445. The van der Waals surface area contributed by atoms with Crippen molar-refractivity contribution in [1.82, 2.24) is 5.32 Å². The molecule has 19 heavy (non-hydrogen) atoms. The summed E-state index contributed by atoms with van der Waals surface area (Å²) in [4.78, 5) is 0. The smallest absolute Gasteiger partial charge is 0.123 e. The lowest BCUT2D eigenvalue weighted by atomic mass is 10.1. The van der Waals surface area contributed by atoms with Crippen LogP contribution in [0.5, 0.6) is 0 Å². The Balaban J connectivity index is 2.59. The second-order valence-corrected chi connectivity index (χ2v) is 5.66. The molecule has 0 aliphatic heterocycles. The minimum absolute atomic E-state index is 0.0123. The van der Waals surface area contributed by atoms with Crippen molar-refractivity contribution in [2.45, 2.75) is 46.3 Å². The average molecular weight is 267 g/mol. The van der Waals surface area contributed by atoms with Gasteiger partial charge in [-0.3, -0.25) is 0 Å². The molecule has 0 saturated carbocycles. The fraction of sp³-hybridized carbons (Fsp3) is 0.625. The van der Waals surface area contributed by atoms with Crippen LogP contribution in [0.2, 0.25) is 0 Å². The first-order chi connectivity index (χ1) is 8.99. The first-order valence-electron chi connectivity index (χ1n) is 7.09. The Labute approximate surface area is 116 Å². The molecule has 0 spiro atoms. The van der Waals surface area contributed by atoms with Crippen LogP contribution in [-0.4, -0.2) is 19.2 Å². The number of ether oxygens (including phenoxy) is 1. The number of hydrogen-bond donors (Lipinski definition) is 1. The second-order valence-electron chi connectivity index (χ2n) is 5.66. The summed E-state index contributed by atoms with van der Waals surface area (Å²) in [7, 11) is 0. The minimum Gasteiger partial charge on any atom is -0.372 e. The molecule has 1 N–H and O–H groups in total. The number of rotatable bonds is 8. The molecule has 0 aromatic heterocycles. The lowest BCUT2D eigenvalue weighted by Crippen LogP contribution is -2.29. The third kappa shape index (κ3) is 6.69. The fourth-order valence-electron chi connectivity index (χ4n) is 1.74. The van der Waals surface area contributed by atoms with Gasteiger partial charge in [-0.05, 0) is 30.0 Å². The Morgan fingerprint density at radius 2 is 1.74 bits per heavy atom. The van der Waals surface area contributed by atoms with Crippen LogP contribution in [-0.2, 0) is 4.74 Å².